The van der Waals surface area contributed by atoms with Crippen molar-refractivity contribution < 1.29 is 19.3 Å². The molecule has 3 aromatic rings. The van der Waals surface area contributed by atoms with Crippen molar-refractivity contribution in [3.63, 3.8) is 0 Å². The minimum absolute atomic E-state index is 0.0294. The lowest BCUT2D eigenvalue weighted by molar-refractivity contribution is -0.384. The van der Waals surface area contributed by atoms with Crippen molar-refractivity contribution in [2.75, 3.05) is 5.32 Å². The maximum absolute atomic E-state index is 13.1. The monoisotopic (exact) mass is 450 g/mol. The summed E-state index contributed by atoms with van der Waals surface area (Å²) in [6.07, 6.45) is 0. The SMILES string of the molecule is CC(C)[C@@H](C(=O)Nc1nc(-c2ccc([N+](=O)[O-])cc2)cs1)N1C(=O)c2ccccc2C1=O. The number of imide groups is 1. The molecule has 0 unspecified atom stereocenters. The molecule has 0 saturated carbocycles. The number of nitro benzene ring substituents is 1. The Morgan fingerprint density at radius 3 is 2.19 bits per heavy atom. The van der Waals surface area contributed by atoms with Crippen molar-refractivity contribution in [1.82, 2.24) is 9.88 Å². The quantitative estimate of drug-likeness (QED) is 0.344. The normalized spacial score (nSPS) is 13.9. The molecule has 1 aromatic heterocycles. The Kier molecular flexibility index (Phi) is 5.54. The molecule has 1 aliphatic rings. The highest BCUT2D eigenvalue weighted by Crippen LogP contribution is 2.30. The molecule has 1 N–H and O–H groups in total. The molecule has 162 valence electrons. The van der Waals surface area contributed by atoms with Crippen molar-refractivity contribution in [2.24, 2.45) is 5.92 Å². The molecule has 32 heavy (non-hydrogen) atoms. The third kappa shape index (κ3) is 3.76. The Labute approximate surface area is 186 Å². The summed E-state index contributed by atoms with van der Waals surface area (Å²) in [5, 5.41) is 15.5. The summed E-state index contributed by atoms with van der Waals surface area (Å²) in [6.45, 7) is 3.52. The second-order valence-electron chi connectivity index (χ2n) is 7.55. The van der Waals surface area contributed by atoms with E-state index in [0.717, 1.165) is 4.90 Å². The topological polar surface area (TPSA) is 123 Å². The van der Waals surface area contributed by atoms with Gasteiger partial charge in [-0.25, -0.2) is 4.98 Å². The fraction of sp³-hybridized carbons (Fsp3) is 0.182. The number of rotatable bonds is 6. The van der Waals surface area contributed by atoms with E-state index in [0.29, 0.717) is 16.4 Å². The van der Waals surface area contributed by atoms with Crippen LogP contribution in [0.4, 0.5) is 10.8 Å². The van der Waals surface area contributed by atoms with Gasteiger partial charge in [-0.1, -0.05) is 26.0 Å². The average Bonchev–Trinajstić information content (AvgIpc) is 3.33. The van der Waals surface area contributed by atoms with Crippen molar-refractivity contribution in [1.29, 1.82) is 0 Å². The number of nitrogens with zero attached hydrogens (tertiary/aromatic N) is 3. The number of hydrogen-bond donors (Lipinski definition) is 1. The van der Waals surface area contributed by atoms with Gasteiger partial charge < -0.3 is 5.32 Å². The maximum atomic E-state index is 13.1. The van der Waals surface area contributed by atoms with Gasteiger partial charge in [-0.15, -0.1) is 11.3 Å². The summed E-state index contributed by atoms with van der Waals surface area (Å²) in [6, 6.07) is 11.4. The van der Waals surface area contributed by atoms with E-state index in [4.69, 9.17) is 0 Å². The molecular formula is C22H18N4O5S. The van der Waals surface area contributed by atoms with Crippen molar-refractivity contribution >= 4 is 39.9 Å². The molecule has 1 atom stereocenters. The average molecular weight is 450 g/mol. The van der Waals surface area contributed by atoms with E-state index in [2.05, 4.69) is 10.3 Å². The lowest BCUT2D eigenvalue weighted by atomic mass is 10.0. The van der Waals surface area contributed by atoms with E-state index in [1.807, 2.05) is 0 Å². The van der Waals surface area contributed by atoms with Gasteiger partial charge in [-0.05, 0) is 30.2 Å². The first-order valence-corrected chi connectivity index (χ1v) is 10.6. The molecule has 3 amide bonds. The zero-order valence-electron chi connectivity index (χ0n) is 17.1. The number of fused-ring (bicyclic) bond motifs is 1. The van der Waals surface area contributed by atoms with E-state index in [1.54, 1.807) is 55.6 Å². The molecule has 0 spiro atoms. The van der Waals surface area contributed by atoms with Crippen LogP contribution in [0.1, 0.15) is 34.6 Å². The number of aromatic nitrogens is 1. The van der Waals surface area contributed by atoms with Gasteiger partial charge in [-0.2, -0.15) is 0 Å². The highest BCUT2D eigenvalue weighted by atomic mass is 32.1. The van der Waals surface area contributed by atoms with Gasteiger partial charge in [0, 0.05) is 23.1 Å². The van der Waals surface area contributed by atoms with Crippen molar-refractivity contribution in [3.8, 4) is 11.3 Å². The number of benzene rings is 2. The molecule has 0 bridgehead atoms. The molecule has 0 fully saturated rings. The Morgan fingerprint density at radius 1 is 1.06 bits per heavy atom. The Bertz CT molecular complexity index is 1200. The Balaban J connectivity index is 1.54. The van der Waals surface area contributed by atoms with Crippen LogP contribution in [0.3, 0.4) is 0 Å². The molecule has 0 radical (unpaired) electrons. The van der Waals surface area contributed by atoms with E-state index >= 15 is 0 Å². The van der Waals surface area contributed by atoms with Crippen LogP contribution in [0.25, 0.3) is 11.3 Å². The summed E-state index contributed by atoms with van der Waals surface area (Å²) in [7, 11) is 0. The summed E-state index contributed by atoms with van der Waals surface area (Å²) in [4.78, 5) is 54.5. The molecule has 2 aromatic carbocycles. The van der Waals surface area contributed by atoms with Gasteiger partial charge in [0.05, 0.1) is 21.7 Å². The van der Waals surface area contributed by atoms with Gasteiger partial charge in [0.2, 0.25) is 5.91 Å². The first-order chi connectivity index (χ1) is 15.3. The lowest BCUT2D eigenvalue weighted by Gasteiger charge is -2.27. The predicted molar refractivity (Wildman–Crippen MR) is 118 cm³/mol. The fourth-order valence-corrected chi connectivity index (χ4v) is 4.30. The van der Waals surface area contributed by atoms with E-state index in [-0.39, 0.29) is 22.7 Å². The van der Waals surface area contributed by atoms with Gasteiger partial charge in [-0.3, -0.25) is 29.4 Å². The standard InChI is InChI=1S/C22H18N4O5S/c1-12(2)18(25-20(28)15-5-3-4-6-16(15)21(25)29)19(27)24-22-23-17(11-32-22)13-7-9-14(10-8-13)26(30)31/h3-12,18H,1-2H3,(H,23,24,27)/t18-/m0/s1. The van der Waals surface area contributed by atoms with Crippen LogP contribution in [0.2, 0.25) is 0 Å². The maximum Gasteiger partial charge on any atom is 0.269 e. The molecule has 4 rings (SSSR count). The molecule has 0 saturated heterocycles. The smallest absolute Gasteiger partial charge is 0.269 e. The van der Waals surface area contributed by atoms with Crippen molar-refractivity contribution in [2.45, 2.75) is 19.9 Å². The third-order valence-corrected chi connectivity index (χ3v) is 5.87. The largest absolute Gasteiger partial charge is 0.300 e. The second-order valence-corrected chi connectivity index (χ2v) is 8.40. The van der Waals surface area contributed by atoms with Crippen LogP contribution in [-0.4, -0.2) is 38.6 Å². The summed E-state index contributed by atoms with van der Waals surface area (Å²) < 4.78 is 0. The first-order valence-electron chi connectivity index (χ1n) is 9.76. The third-order valence-electron chi connectivity index (χ3n) is 5.11. The molecule has 10 heteroatoms. The number of anilines is 1. The number of amides is 3. The Morgan fingerprint density at radius 2 is 1.66 bits per heavy atom. The van der Waals surface area contributed by atoms with Gasteiger partial charge in [0.1, 0.15) is 6.04 Å². The van der Waals surface area contributed by atoms with Gasteiger partial charge in [0.25, 0.3) is 17.5 Å². The highest BCUT2D eigenvalue weighted by molar-refractivity contribution is 7.14. The molecular weight excluding hydrogens is 432 g/mol. The summed E-state index contributed by atoms with van der Waals surface area (Å²) >= 11 is 1.18. The van der Waals surface area contributed by atoms with Crippen LogP contribution in [0.15, 0.2) is 53.9 Å². The number of thiazole rings is 1. The first kappa shape index (κ1) is 21.3. The number of carbonyl (C=O) groups excluding carboxylic acids is 3. The van der Waals surface area contributed by atoms with E-state index < -0.39 is 28.7 Å². The zero-order chi connectivity index (χ0) is 23.0. The van der Waals surface area contributed by atoms with Crippen LogP contribution in [0.5, 0.6) is 0 Å². The summed E-state index contributed by atoms with van der Waals surface area (Å²) in [5.41, 5.74) is 1.74. The minimum Gasteiger partial charge on any atom is -0.300 e. The molecule has 0 aliphatic carbocycles. The molecule has 9 nitrogen and oxygen atoms in total. The van der Waals surface area contributed by atoms with E-state index in [1.165, 1.54) is 23.5 Å². The second kappa shape index (κ2) is 8.31. The van der Waals surface area contributed by atoms with Crippen LogP contribution < -0.4 is 5.32 Å². The van der Waals surface area contributed by atoms with Crippen LogP contribution in [0, 0.1) is 16.0 Å². The minimum atomic E-state index is -1.01. The number of non-ortho nitro benzene ring substituents is 1. The zero-order valence-corrected chi connectivity index (χ0v) is 18.0. The van der Waals surface area contributed by atoms with E-state index in [9.17, 15) is 24.5 Å². The van der Waals surface area contributed by atoms with Crippen molar-refractivity contribution in [3.05, 3.63) is 75.2 Å². The number of hydrogen-bond acceptors (Lipinski definition) is 7. The molecule has 1 aliphatic heterocycles. The van der Waals surface area contributed by atoms with Crippen LogP contribution >= 0.6 is 11.3 Å². The van der Waals surface area contributed by atoms with Crippen LogP contribution in [-0.2, 0) is 4.79 Å². The van der Waals surface area contributed by atoms with Gasteiger partial charge >= 0.3 is 0 Å². The number of nitro groups is 1. The highest BCUT2D eigenvalue weighted by Gasteiger charge is 2.44. The fourth-order valence-electron chi connectivity index (χ4n) is 3.58. The summed E-state index contributed by atoms with van der Waals surface area (Å²) in [5.74, 6) is -1.83. The van der Waals surface area contributed by atoms with Gasteiger partial charge in [0.15, 0.2) is 5.13 Å². The number of nitrogens with one attached hydrogen (secondary N) is 1. The predicted octanol–water partition coefficient (Wildman–Crippen LogP) is 3.98. The molecule has 2 heterocycles. The Hall–Kier alpha value is -3.92. The lowest BCUT2D eigenvalue weighted by Crippen LogP contribution is -2.50. The number of carbonyl (C=O) groups is 3.